The first-order valence-electron chi connectivity index (χ1n) is 11.1. The van der Waals surface area contributed by atoms with Crippen LogP contribution in [-0.4, -0.2) is 17.9 Å². The average molecular weight is 447 g/mol. The van der Waals surface area contributed by atoms with Crippen LogP contribution in [0, 0.1) is 0 Å². The standard InChI is InChI=1S/C27H30N2O4/c1-4-19(2)24-12-8-9-13-25(24)33-20(3)26(30)28-29-27(31)22-14-16-23(17-15-22)32-18-21-10-6-5-7-11-21/h5-17,19-20H,4,18H2,1-3H3,(H,28,30)(H,29,31). The quantitative estimate of drug-likeness (QED) is 0.453. The Balaban J connectivity index is 1.49. The Hall–Kier alpha value is -3.80. The van der Waals surface area contributed by atoms with Gasteiger partial charge < -0.3 is 9.47 Å². The van der Waals surface area contributed by atoms with Crippen LogP contribution in [0.2, 0.25) is 0 Å². The number of hydrazine groups is 1. The van der Waals surface area contributed by atoms with E-state index in [4.69, 9.17) is 9.47 Å². The third kappa shape index (κ3) is 6.84. The van der Waals surface area contributed by atoms with Gasteiger partial charge in [-0.25, -0.2) is 0 Å². The summed E-state index contributed by atoms with van der Waals surface area (Å²) in [4.78, 5) is 24.8. The van der Waals surface area contributed by atoms with Crippen molar-refractivity contribution >= 4 is 11.8 Å². The highest BCUT2D eigenvalue weighted by Crippen LogP contribution is 2.29. The number of benzene rings is 3. The smallest absolute Gasteiger partial charge is 0.279 e. The van der Waals surface area contributed by atoms with Crippen molar-refractivity contribution in [3.63, 3.8) is 0 Å². The van der Waals surface area contributed by atoms with Crippen molar-refractivity contribution in [2.45, 2.75) is 45.8 Å². The Bertz CT molecular complexity index is 1050. The van der Waals surface area contributed by atoms with E-state index in [2.05, 4.69) is 24.7 Å². The molecule has 3 rings (SSSR count). The summed E-state index contributed by atoms with van der Waals surface area (Å²) in [6.07, 6.45) is 0.192. The first-order valence-corrected chi connectivity index (χ1v) is 11.1. The predicted molar refractivity (Wildman–Crippen MR) is 128 cm³/mol. The van der Waals surface area contributed by atoms with Gasteiger partial charge in [-0.1, -0.05) is 62.4 Å². The van der Waals surface area contributed by atoms with Crippen molar-refractivity contribution in [1.29, 1.82) is 0 Å². The van der Waals surface area contributed by atoms with Crippen LogP contribution in [0.15, 0.2) is 78.9 Å². The summed E-state index contributed by atoms with van der Waals surface area (Å²) in [5, 5.41) is 0. The monoisotopic (exact) mass is 446 g/mol. The second-order valence-corrected chi connectivity index (χ2v) is 7.85. The van der Waals surface area contributed by atoms with Crippen molar-refractivity contribution in [3.8, 4) is 11.5 Å². The second kappa shape index (κ2) is 11.7. The maximum Gasteiger partial charge on any atom is 0.279 e. The molecule has 0 bridgehead atoms. The lowest BCUT2D eigenvalue weighted by molar-refractivity contribution is -0.128. The fourth-order valence-electron chi connectivity index (χ4n) is 3.19. The van der Waals surface area contributed by atoms with Gasteiger partial charge in [0.05, 0.1) is 0 Å². The molecule has 3 aromatic carbocycles. The molecule has 6 nitrogen and oxygen atoms in total. The minimum atomic E-state index is -0.774. The van der Waals surface area contributed by atoms with Crippen LogP contribution < -0.4 is 20.3 Å². The van der Waals surface area contributed by atoms with Crippen molar-refractivity contribution in [2.24, 2.45) is 0 Å². The van der Waals surface area contributed by atoms with Crippen LogP contribution in [-0.2, 0) is 11.4 Å². The maximum atomic E-state index is 12.4. The van der Waals surface area contributed by atoms with E-state index in [-0.39, 0.29) is 0 Å². The van der Waals surface area contributed by atoms with Crippen molar-refractivity contribution in [2.75, 3.05) is 0 Å². The SMILES string of the molecule is CCC(C)c1ccccc1OC(C)C(=O)NNC(=O)c1ccc(OCc2ccccc2)cc1. The summed E-state index contributed by atoms with van der Waals surface area (Å²) in [6, 6.07) is 24.2. The van der Waals surface area contributed by atoms with Crippen LogP contribution in [0.25, 0.3) is 0 Å². The molecule has 0 aromatic heterocycles. The molecule has 0 saturated carbocycles. The molecule has 2 N–H and O–H groups in total. The highest BCUT2D eigenvalue weighted by Gasteiger charge is 2.18. The van der Waals surface area contributed by atoms with Gasteiger partial charge in [-0.3, -0.25) is 20.4 Å². The van der Waals surface area contributed by atoms with Gasteiger partial charge in [-0.2, -0.15) is 0 Å². The molecule has 33 heavy (non-hydrogen) atoms. The molecule has 0 aliphatic rings. The lowest BCUT2D eigenvalue weighted by Crippen LogP contribution is -2.47. The van der Waals surface area contributed by atoms with Gasteiger partial charge in [0.15, 0.2) is 6.10 Å². The van der Waals surface area contributed by atoms with Crippen molar-refractivity contribution in [3.05, 3.63) is 95.6 Å². The van der Waals surface area contributed by atoms with E-state index in [1.807, 2.05) is 54.6 Å². The summed E-state index contributed by atoms with van der Waals surface area (Å²) in [7, 11) is 0. The Morgan fingerprint density at radius 1 is 0.848 bits per heavy atom. The van der Waals surface area contributed by atoms with Gasteiger partial charge in [0.25, 0.3) is 11.8 Å². The zero-order valence-corrected chi connectivity index (χ0v) is 19.2. The van der Waals surface area contributed by atoms with Crippen molar-refractivity contribution in [1.82, 2.24) is 10.9 Å². The Morgan fingerprint density at radius 2 is 1.52 bits per heavy atom. The summed E-state index contributed by atoms with van der Waals surface area (Å²) in [5.74, 6) is 0.777. The van der Waals surface area contributed by atoms with Crippen LogP contribution in [0.1, 0.15) is 54.6 Å². The van der Waals surface area contributed by atoms with E-state index < -0.39 is 17.9 Å². The Kier molecular flexibility index (Phi) is 8.47. The van der Waals surface area contributed by atoms with Gasteiger partial charge in [0.2, 0.25) is 0 Å². The lowest BCUT2D eigenvalue weighted by atomic mass is 9.98. The molecule has 2 amide bonds. The van der Waals surface area contributed by atoms with E-state index in [0.29, 0.717) is 29.6 Å². The lowest BCUT2D eigenvalue weighted by Gasteiger charge is -2.19. The summed E-state index contributed by atoms with van der Waals surface area (Å²) in [6.45, 7) is 6.31. The molecule has 0 heterocycles. The molecule has 0 radical (unpaired) electrons. The van der Waals surface area contributed by atoms with E-state index in [1.54, 1.807) is 31.2 Å². The number of amides is 2. The molecule has 3 aromatic rings. The molecule has 0 spiro atoms. The number of ether oxygens (including phenoxy) is 2. The highest BCUT2D eigenvalue weighted by atomic mass is 16.5. The molecule has 0 fully saturated rings. The zero-order chi connectivity index (χ0) is 23.6. The first kappa shape index (κ1) is 23.9. The largest absolute Gasteiger partial charge is 0.489 e. The molecule has 2 unspecified atom stereocenters. The molecule has 2 atom stereocenters. The molecule has 6 heteroatoms. The highest BCUT2D eigenvalue weighted by molar-refractivity contribution is 5.95. The number of nitrogens with one attached hydrogen (secondary N) is 2. The van der Waals surface area contributed by atoms with E-state index >= 15 is 0 Å². The van der Waals surface area contributed by atoms with Gasteiger partial charge in [-0.15, -0.1) is 0 Å². The minimum absolute atomic E-state index is 0.316. The Labute approximate surface area is 194 Å². The van der Waals surface area contributed by atoms with Gasteiger partial charge >= 0.3 is 0 Å². The molecule has 0 aliphatic heterocycles. The fraction of sp³-hybridized carbons (Fsp3) is 0.259. The third-order valence-corrected chi connectivity index (χ3v) is 5.40. The van der Waals surface area contributed by atoms with E-state index in [1.165, 1.54) is 0 Å². The van der Waals surface area contributed by atoms with Crippen molar-refractivity contribution < 1.29 is 19.1 Å². The number of carbonyl (C=O) groups excluding carboxylic acids is 2. The average Bonchev–Trinajstić information content (AvgIpc) is 2.86. The zero-order valence-electron chi connectivity index (χ0n) is 19.2. The summed E-state index contributed by atoms with van der Waals surface area (Å²) in [5.41, 5.74) is 7.38. The number of hydrogen-bond donors (Lipinski definition) is 2. The van der Waals surface area contributed by atoms with E-state index in [9.17, 15) is 9.59 Å². The molecule has 0 saturated heterocycles. The number of hydrogen-bond acceptors (Lipinski definition) is 4. The molecule has 172 valence electrons. The molecular weight excluding hydrogens is 416 g/mol. The van der Waals surface area contributed by atoms with Gasteiger partial charge in [-0.05, 0) is 60.7 Å². The van der Waals surface area contributed by atoms with Crippen LogP contribution in [0.4, 0.5) is 0 Å². The molecular formula is C27H30N2O4. The Morgan fingerprint density at radius 3 is 2.21 bits per heavy atom. The van der Waals surface area contributed by atoms with Gasteiger partial charge in [0, 0.05) is 5.56 Å². The minimum Gasteiger partial charge on any atom is -0.489 e. The van der Waals surface area contributed by atoms with Gasteiger partial charge in [0.1, 0.15) is 18.1 Å². The molecule has 0 aliphatic carbocycles. The maximum absolute atomic E-state index is 12.4. The van der Waals surface area contributed by atoms with Crippen LogP contribution in [0.5, 0.6) is 11.5 Å². The normalized spacial score (nSPS) is 12.3. The fourth-order valence-corrected chi connectivity index (χ4v) is 3.19. The second-order valence-electron chi connectivity index (χ2n) is 7.85. The number of rotatable bonds is 9. The van der Waals surface area contributed by atoms with Crippen LogP contribution in [0.3, 0.4) is 0 Å². The van der Waals surface area contributed by atoms with Crippen LogP contribution >= 0.6 is 0 Å². The number of para-hydroxylation sites is 1. The third-order valence-electron chi connectivity index (χ3n) is 5.40. The summed E-state index contributed by atoms with van der Waals surface area (Å²) >= 11 is 0. The predicted octanol–water partition coefficient (Wildman–Crippen LogP) is 5.01. The topological polar surface area (TPSA) is 76.7 Å². The first-order chi connectivity index (χ1) is 16.0. The number of carbonyl (C=O) groups is 2. The van der Waals surface area contributed by atoms with E-state index in [0.717, 1.165) is 17.5 Å². The summed E-state index contributed by atoms with van der Waals surface area (Å²) < 4.78 is 11.6.